The van der Waals surface area contributed by atoms with Crippen molar-refractivity contribution in [2.45, 2.75) is 6.04 Å². The Balaban J connectivity index is 2.08. The van der Waals surface area contributed by atoms with Crippen LogP contribution in [-0.4, -0.2) is 38.7 Å². The van der Waals surface area contributed by atoms with Crippen LogP contribution >= 0.6 is 27.5 Å². The molecule has 1 aromatic carbocycles. The van der Waals surface area contributed by atoms with Gasteiger partial charge in [-0.2, -0.15) is 0 Å². The summed E-state index contributed by atoms with van der Waals surface area (Å²) in [6.45, 7) is 0.532. The third-order valence-electron chi connectivity index (χ3n) is 3.51. The van der Waals surface area contributed by atoms with Gasteiger partial charge in [-0.15, -0.1) is 0 Å². The molecule has 0 bridgehead atoms. The summed E-state index contributed by atoms with van der Waals surface area (Å²) in [4.78, 5) is 28.7. The van der Waals surface area contributed by atoms with Gasteiger partial charge in [0.15, 0.2) is 0 Å². The quantitative estimate of drug-likeness (QED) is 0.744. The van der Waals surface area contributed by atoms with Gasteiger partial charge in [0, 0.05) is 18.8 Å². The van der Waals surface area contributed by atoms with Gasteiger partial charge in [-0.1, -0.05) is 11.6 Å². The molecular formula is C12H10BrClN4O3. The van der Waals surface area contributed by atoms with Crippen LogP contribution in [0.2, 0.25) is 5.02 Å². The van der Waals surface area contributed by atoms with E-state index in [0.717, 1.165) is 0 Å². The number of carbonyl (C=O) groups is 1. The summed E-state index contributed by atoms with van der Waals surface area (Å²) in [6, 6.07) is 1.30. The van der Waals surface area contributed by atoms with Crippen LogP contribution in [0, 0.1) is 0 Å². The van der Waals surface area contributed by atoms with Crippen molar-refractivity contribution in [2.24, 2.45) is 0 Å². The molecule has 1 fully saturated rings. The summed E-state index contributed by atoms with van der Waals surface area (Å²) < 4.78 is 1.92. The zero-order chi connectivity index (χ0) is 15.3. The highest BCUT2D eigenvalue weighted by Gasteiger charge is 2.32. The van der Waals surface area contributed by atoms with Gasteiger partial charge in [-0.3, -0.25) is 9.36 Å². The first-order chi connectivity index (χ1) is 9.90. The second kappa shape index (κ2) is 4.88. The van der Waals surface area contributed by atoms with E-state index in [-0.39, 0.29) is 29.7 Å². The Bertz CT molecular complexity index is 816. The lowest BCUT2D eigenvalue weighted by Crippen LogP contribution is -2.52. The highest BCUT2D eigenvalue weighted by atomic mass is 79.9. The second-order valence-corrected chi connectivity index (χ2v) is 5.96. The summed E-state index contributed by atoms with van der Waals surface area (Å²) in [6.07, 6.45) is 0.396. The number of rotatable bonds is 1. The van der Waals surface area contributed by atoms with Crippen molar-refractivity contribution in [3.05, 3.63) is 32.2 Å². The van der Waals surface area contributed by atoms with Crippen molar-refractivity contribution in [2.75, 3.05) is 18.8 Å². The summed E-state index contributed by atoms with van der Waals surface area (Å²) in [7, 11) is 0. The number of fused-ring (bicyclic) bond motifs is 1. The number of carboxylic acid groups (broad SMARTS) is 1. The molecule has 3 N–H and O–H groups in total. The minimum absolute atomic E-state index is 0.214. The Morgan fingerprint density at radius 2 is 2.19 bits per heavy atom. The van der Waals surface area contributed by atoms with Gasteiger partial charge in [0.25, 0.3) is 5.56 Å². The first-order valence-electron chi connectivity index (χ1n) is 6.02. The molecule has 2 aromatic rings. The van der Waals surface area contributed by atoms with E-state index in [9.17, 15) is 9.59 Å². The molecule has 21 heavy (non-hydrogen) atoms. The minimum atomic E-state index is -0.996. The van der Waals surface area contributed by atoms with Gasteiger partial charge in [0.05, 0.1) is 32.8 Å². The van der Waals surface area contributed by atoms with E-state index in [1.165, 1.54) is 21.9 Å². The Morgan fingerprint density at radius 3 is 2.81 bits per heavy atom. The Hall–Kier alpha value is -1.80. The topological polar surface area (TPSA) is 101 Å². The van der Waals surface area contributed by atoms with E-state index in [1.54, 1.807) is 0 Å². The van der Waals surface area contributed by atoms with Gasteiger partial charge < -0.3 is 15.7 Å². The van der Waals surface area contributed by atoms with E-state index in [4.69, 9.17) is 22.4 Å². The van der Waals surface area contributed by atoms with Crippen LogP contribution in [0.1, 0.15) is 6.04 Å². The third-order valence-corrected chi connectivity index (χ3v) is 4.96. The van der Waals surface area contributed by atoms with Crippen molar-refractivity contribution >= 4 is 50.2 Å². The zero-order valence-corrected chi connectivity index (χ0v) is 12.9. The lowest BCUT2D eigenvalue weighted by Gasteiger charge is -2.37. The SMILES string of the molecule is Nc1cc2c(=O)n(C3CN(C(=O)O)C3)cnc2c(Cl)c1Br. The smallest absolute Gasteiger partial charge is 0.407 e. The van der Waals surface area contributed by atoms with Gasteiger partial charge in [-0.05, 0) is 22.0 Å². The monoisotopic (exact) mass is 372 g/mol. The average molecular weight is 374 g/mol. The number of hydrogen-bond acceptors (Lipinski definition) is 4. The maximum absolute atomic E-state index is 12.5. The molecule has 9 heteroatoms. The molecule has 1 saturated heterocycles. The van der Waals surface area contributed by atoms with Crippen molar-refractivity contribution in [1.29, 1.82) is 0 Å². The summed E-state index contributed by atoms with van der Waals surface area (Å²) in [5.41, 5.74) is 6.24. The van der Waals surface area contributed by atoms with Crippen molar-refractivity contribution < 1.29 is 9.90 Å². The van der Waals surface area contributed by atoms with Gasteiger partial charge in [-0.25, -0.2) is 9.78 Å². The highest BCUT2D eigenvalue weighted by Crippen LogP contribution is 2.33. The molecule has 3 rings (SSSR count). The third kappa shape index (κ3) is 2.14. The molecule has 0 atom stereocenters. The fraction of sp³-hybridized carbons (Fsp3) is 0.250. The summed E-state index contributed by atoms with van der Waals surface area (Å²) in [5, 5.41) is 9.43. The van der Waals surface area contributed by atoms with E-state index in [2.05, 4.69) is 20.9 Å². The molecule has 110 valence electrons. The number of amides is 1. The molecule has 2 heterocycles. The van der Waals surface area contributed by atoms with Crippen molar-refractivity contribution in [3.63, 3.8) is 0 Å². The predicted octanol–water partition coefficient (Wildman–Crippen LogP) is 1.93. The predicted molar refractivity (Wildman–Crippen MR) is 81.8 cm³/mol. The van der Waals surface area contributed by atoms with Crippen LogP contribution in [0.3, 0.4) is 0 Å². The van der Waals surface area contributed by atoms with Crippen LogP contribution < -0.4 is 11.3 Å². The van der Waals surface area contributed by atoms with Crippen LogP contribution in [0.15, 0.2) is 21.7 Å². The number of anilines is 1. The first-order valence-corrected chi connectivity index (χ1v) is 7.19. The minimum Gasteiger partial charge on any atom is -0.465 e. The Morgan fingerprint density at radius 1 is 1.52 bits per heavy atom. The second-order valence-electron chi connectivity index (χ2n) is 4.79. The molecule has 0 spiro atoms. The number of hydrogen-bond donors (Lipinski definition) is 2. The number of halogens is 2. The van der Waals surface area contributed by atoms with Crippen LogP contribution in [0.5, 0.6) is 0 Å². The van der Waals surface area contributed by atoms with Crippen LogP contribution in [0.25, 0.3) is 10.9 Å². The molecule has 0 radical (unpaired) electrons. The molecule has 1 amide bonds. The van der Waals surface area contributed by atoms with Crippen LogP contribution in [-0.2, 0) is 0 Å². The number of benzene rings is 1. The largest absolute Gasteiger partial charge is 0.465 e. The summed E-state index contributed by atoms with van der Waals surface area (Å²) >= 11 is 9.37. The van der Waals surface area contributed by atoms with Crippen LogP contribution in [0.4, 0.5) is 10.5 Å². The van der Waals surface area contributed by atoms with Crippen molar-refractivity contribution in [1.82, 2.24) is 14.5 Å². The normalized spacial score (nSPS) is 15.2. The lowest BCUT2D eigenvalue weighted by molar-refractivity contribution is 0.0842. The van der Waals surface area contributed by atoms with E-state index in [0.29, 0.717) is 21.1 Å². The Kier molecular flexibility index (Phi) is 3.29. The molecule has 7 nitrogen and oxygen atoms in total. The molecule has 1 aliphatic rings. The summed E-state index contributed by atoms with van der Waals surface area (Å²) in [5.74, 6) is 0. The molecule has 1 aliphatic heterocycles. The number of nitrogen functional groups attached to an aromatic ring is 1. The molecule has 1 aromatic heterocycles. The first kappa shape index (κ1) is 14.2. The zero-order valence-electron chi connectivity index (χ0n) is 10.6. The average Bonchev–Trinajstić information content (AvgIpc) is 2.37. The van der Waals surface area contributed by atoms with Gasteiger partial charge in [0.2, 0.25) is 0 Å². The number of likely N-dealkylation sites (tertiary alicyclic amines) is 1. The molecule has 0 saturated carbocycles. The molecule has 0 unspecified atom stereocenters. The maximum Gasteiger partial charge on any atom is 0.407 e. The standard InChI is InChI=1S/C12H10BrClN4O3/c13-8-7(15)1-6-10(9(8)14)16-4-18(11(6)19)5-2-17(3-5)12(20)21/h1,4-5H,2-3,15H2,(H,20,21). The Labute approximate surface area is 132 Å². The maximum atomic E-state index is 12.5. The number of nitrogens with two attached hydrogens (primary N) is 1. The lowest BCUT2D eigenvalue weighted by atomic mass is 10.1. The van der Waals surface area contributed by atoms with Crippen molar-refractivity contribution in [3.8, 4) is 0 Å². The number of nitrogens with zero attached hydrogens (tertiary/aromatic N) is 3. The van der Waals surface area contributed by atoms with Gasteiger partial charge in [0.1, 0.15) is 0 Å². The number of aromatic nitrogens is 2. The fourth-order valence-electron chi connectivity index (χ4n) is 2.28. The van der Waals surface area contributed by atoms with E-state index >= 15 is 0 Å². The van der Waals surface area contributed by atoms with E-state index < -0.39 is 6.09 Å². The molecule has 0 aliphatic carbocycles. The van der Waals surface area contributed by atoms with E-state index in [1.807, 2.05) is 0 Å². The highest BCUT2D eigenvalue weighted by molar-refractivity contribution is 9.10. The molecular weight excluding hydrogens is 364 g/mol. The fourth-order valence-corrected chi connectivity index (χ4v) is 2.85. The van der Waals surface area contributed by atoms with Gasteiger partial charge >= 0.3 is 6.09 Å².